The first-order valence-electron chi connectivity index (χ1n) is 6.18. The molecule has 0 spiro atoms. The minimum atomic E-state index is -0.551. The number of hydrogen-bond donors (Lipinski definition) is 1. The lowest BCUT2D eigenvalue weighted by Gasteiger charge is -2.06. The van der Waals surface area contributed by atoms with Gasteiger partial charge in [-0.15, -0.1) is 0 Å². The second kappa shape index (κ2) is 5.68. The number of carbonyl (C=O) groups excluding carboxylic acids is 2. The van der Waals surface area contributed by atoms with E-state index in [1.807, 2.05) is 6.92 Å². The highest BCUT2D eigenvalue weighted by Crippen LogP contribution is 2.38. The fourth-order valence-corrected chi connectivity index (χ4v) is 1.79. The first-order valence-corrected chi connectivity index (χ1v) is 6.18. The van der Waals surface area contributed by atoms with Gasteiger partial charge in [-0.3, -0.25) is 19.7 Å². The Bertz CT molecular complexity index is 557. The predicted molar refractivity (Wildman–Crippen MR) is 70.0 cm³/mol. The summed E-state index contributed by atoms with van der Waals surface area (Å²) in [5.74, 6) is -0.665. The molecule has 0 unspecified atom stereocenters. The van der Waals surface area contributed by atoms with E-state index in [4.69, 9.17) is 4.74 Å². The lowest BCUT2D eigenvalue weighted by molar-refractivity contribution is -0.384. The number of hydrogen-bond acceptors (Lipinski definition) is 5. The SMILES string of the molecule is C[C@H]1C[C@@H]1C(=O)OCC(=O)Nc1cccc([N+](=O)[O-])c1. The topological polar surface area (TPSA) is 98.5 Å². The van der Waals surface area contributed by atoms with Crippen molar-refractivity contribution < 1.29 is 19.2 Å². The van der Waals surface area contributed by atoms with Gasteiger partial charge in [-0.25, -0.2) is 0 Å². The van der Waals surface area contributed by atoms with Gasteiger partial charge in [-0.1, -0.05) is 13.0 Å². The number of esters is 1. The molecule has 1 aliphatic rings. The van der Waals surface area contributed by atoms with Crippen molar-refractivity contribution in [3.63, 3.8) is 0 Å². The number of benzene rings is 1. The summed E-state index contributed by atoms with van der Waals surface area (Å²) in [4.78, 5) is 33.0. The molecule has 1 aliphatic carbocycles. The van der Waals surface area contributed by atoms with E-state index in [1.54, 1.807) is 0 Å². The molecule has 0 bridgehead atoms. The number of carbonyl (C=O) groups is 2. The van der Waals surface area contributed by atoms with Gasteiger partial charge in [0, 0.05) is 17.8 Å². The highest BCUT2D eigenvalue weighted by atomic mass is 16.6. The van der Waals surface area contributed by atoms with Gasteiger partial charge in [0.2, 0.25) is 0 Å². The van der Waals surface area contributed by atoms with Crippen molar-refractivity contribution >= 4 is 23.3 Å². The zero-order valence-electron chi connectivity index (χ0n) is 10.9. The van der Waals surface area contributed by atoms with Crippen LogP contribution >= 0.6 is 0 Å². The summed E-state index contributed by atoms with van der Waals surface area (Å²) in [5.41, 5.74) is 0.173. The van der Waals surface area contributed by atoms with Crippen molar-refractivity contribution in [1.29, 1.82) is 0 Å². The molecule has 1 saturated carbocycles. The van der Waals surface area contributed by atoms with Crippen LogP contribution in [0.1, 0.15) is 13.3 Å². The van der Waals surface area contributed by atoms with Gasteiger partial charge in [0.05, 0.1) is 10.8 Å². The zero-order valence-corrected chi connectivity index (χ0v) is 10.9. The number of ether oxygens (including phenoxy) is 1. The number of amides is 1. The van der Waals surface area contributed by atoms with E-state index in [2.05, 4.69) is 5.32 Å². The van der Waals surface area contributed by atoms with E-state index in [1.165, 1.54) is 24.3 Å². The number of nitro benzene ring substituents is 1. The molecule has 1 amide bonds. The number of rotatable bonds is 5. The van der Waals surface area contributed by atoms with Crippen molar-refractivity contribution in [1.82, 2.24) is 0 Å². The van der Waals surface area contributed by atoms with E-state index in [9.17, 15) is 19.7 Å². The van der Waals surface area contributed by atoms with E-state index in [-0.39, 0.29) is 24.2 Å². The van der Waals surface area contributed by atoms with Gasteiger partial charge in [-0.05, 0) is 18.4 Å². The van der Waals surface area contributed by atoms with Crippen molar-refractivity contribution in [3.05, 3.63) is 34.4 Å². The molecule has 0 radical (unpaired) electrons. The molecule has 1 aromatic rings. The molecule has 2 atom stereocenters. The molecule has 0 saturated heterocycles. The summed E-state index contributed by atoms with van der Waals surface area (Å²) >= 11 is 0. The second-order valence-corrected chi connectivity index (χ2v) is 4.78. The summed E-state index contributed by atoms with van der Waals surface area (Å²) in [6, 6.07) is 5.55. The highest BCUT2D eigenvalue weighted by Gasteiger charge is 2.40. The number of nitrogens with one attached hydrogen (secondary N) is 1. The standard InChI is InChI=1S/C13H14N2O5/c1-8-5-11(8)13(17)20-7-12(16)14-9-3-2-4-10(6-9)15(18)19/h2-4,6,8,11H,5,7H2,1H3,(H,14,16)/t8-,11-/m0/s1. The maximum Gasteiger partial charge on any atom is 0.309 e. The Labute approximate surface area is 115 Å². The summed E-state index contributed by atoms with van der Waals surface area (Å²) < 4.78 is 4.86. The smallest absolute Gasteiger partial charge is 0.309 e. The number of nitro groups is 1. The molecule has 0 heterocycles. The minimum Gasteiger partial charge on any atom is -0.455 e. The molecule has 1 aromatic carbocycles. The Morgan fingerprint density at radius 1 is 1.50 bits per heavy atom. The van der Waals surface area contributed by atoms with Crippen molar-refractivity contribution in [2.45, 2.75) is 13.3 Å². The van der Waals surface area contributed by atoms with Crippen LogP contribution in [0.4, 0.5) is 11.4 Å². The van der Waals surface area contributed by atoms with Gasteiger partial charge in [-0.2, -0.15) is 0 Å². The maximum atomic E-state index is 11.6. The quantitative estimate of drug-likeness (QED) is 0.502. The first-order chi connectivity index (χ1) is 9.47. The molecular formula is C13H14N2O5. The lowest BCUT2D eigenvalue weighted by atomic mass is 10.3. The molecule has 7 heteroatoms. The Morgan fingerprint density at radius 2 is 2.20 bits per heavy atom. The van der Waals surface area contributed by atoms with Crippen LogP contribution in [0.25, 0.3) is 0 Å². The molecule has 0 aliphatic heterocycles. The predicted octanol–water partition coefficient (Wildman–Crippen LogP) is 1.73. The fraction of sp³-hybridized carbons (Fsp3) is 0.385. The monoisotopic (exact) mass is 278 g/mol. The van der Waals surface area contributed by atoms with Crippen LogP contribution in [0, 0.1) is 22.0 Å². The molecule has 20 heavy (non-hydrogen) atoms. The molecule has 1 fully saturated rings. The molecule has 2 rings (SSSR count). The van der Waals surface area contributed by atoms with Gasteiger partial charge < -0.3 is 10.1 Å². The third-order valence-corrected chi connectivity index (χ3v) is 3.10. The van der Waals surface area contributed by atoms with Crippen LogP contribution in [0.15, 0.2) is 24.3 Å². The third kappa shape index (κ3) is 3.53. The van der Waals surface area contributed by atoms with Crippen LogP contribution in [0.2, 0.25) is 0 Å². The number of nitrogens with zero attached hydrogens (tertiary/aromatic N) is 1. The van der Waals surface area contributed by atoms with E-state index < -0.39 is 10.8 Å². The fourth-order valence-electron chi connectivity index (χ4n) is 1.79. The normalized spacial score (nSPS) is 20.1. The Hall–Kier alpha value is -2.44. The second-order valence-electron chi connectivity index (χ2n) is 4.78. The van der Waals surface area contributed by atoms with Crippen LogP contribution in [0.3, 0.4) is 0 Å². The van der Waals surface area contributed by atoms with Crippen LogP contribution in [-0.2, 0) is 14.3 Å². The van der Waals surface area contributed by atoms with Crippen molar-refractivity contribution in [2.24, 2.45) is 11.8 Å². The van der Waals surface area contributed by atoms with E-state index >= 15 is 0 Å². The minimum absolute atomic E-state index is 0.0967. The largest absolute Gasteiger partial charge is 0.455 e. The van der Waals surface area contributed by atoms with Crippen LogP contribution in [-0.4, -0.2) is 23.4 Å². The van der Waals surface area contributed by atoms with Gasteiger partial charge in [0.1, 0.15) is 0 Å². The zero-order chi connectivity index (χ0) is 14.7. The number of anilines is 1. The Kier molecular flexibility index (Phi) is 3.97. The summed E-state index contributed by atoms with van der Waals surface area (Å²) in [6.07, 6.45) is 0.797. The third-order valence-electron chi connectivity index (χ3n) is 3.10. The molecule has 0 aromatic heterocycles. The maximum absolute atomic E-state index is 11.6. The Morgan fingerprint density at radius 3 is 2.80 bits per heavy atom. The van der Waals surface area contributed by atoms with Crippen molar-refractivity contribution in [3.8, 4) is 0 Å². The molecular weight excluding hydrogens is 264 g/mol. The molecule has 7 nitrogen and oxygen atoms in total. The first kappa shape index (κ1) is 14.0. The summed E-state index contributed by atoms with van der Waals surface area (Å²) in [6.45, 7) is 1.56. The lowest BCUT2D eigenvalue weighted by Crippen LogP contribution is -2.21. The average Bonchev–Trinajstić information content (AvgIpc) is 3.13. The molecule has 1 N–H and O–H groups in total. The van der Waals surface area contributed by atoms with Crippen LogP contribution in [0.5, 0.6) is 0 Å². The van der Waals surface area contributed by atoms with Gasteiger partial charge in [0.25, 0.3) is 11.6 Å². The van der Waals surface area contributed by atoms with Gasteiger partial charge >= 0.3 is 5.97 Å². The van der Waals surface area contributed by atoms with Crippen LogP contribution < -0.4 is 5.32 Å². The Balaban J connectivity index is 1.83. The summed E-state index contributed by atoms with van der Waals surface area (Å²) in [5, 5.41) is 13.0. The summed E-state index contributed by atoms with van der Waals surface area (Å²) in [7, 11) is 0. The highest BCUT2D eigenvalue weighted by molar-refractivity contribution is 5.93. The number of non-ortho nitro benzene ring substituents is 1. The van der Waals surface area contributed by atoms with E-state index in [0.29, 0.717) is 11.6 Å². The average molecular weight is 278 g/mol. The van der Waals surface area contributed by atoms with Crippen molar-refractivity contribution in [2.75, 3.05) is 11.9 Å². The van der Waals surface area contributed by atoms with E-state index in [0.717, 1.165) is 6.42 Å². The molecule has 106 valence electrons. The van der Waals surface area contributed by atoms with Gasteiger partial charge in [0.15, 0.2) is 6.61 Å².